The molecule has 0 aromatic heterocycles. The van der Waals surface area contributed by atoms with E-state index in [0.717, 1.165) is 18.9 Å². The van der Waals surface area contributed by atoms with Crippen LogP contribution < -0.4 is 5.73 Å². The average molecular weight is 302 g/mol. The van der Waals surface area contributed by atoms with Crippen molar-refractivity contribution in [3.63, 3.8) is 0 Å². The first kappa shape index (κ1) is 16.9. The van der Waals surface area contributed by atoms with Gasteiger partial charge in [-0.3, -0.25) is 0 Å². The maximum atomic E-state index is 13.9. The summed E-state index contributed by atoms with van der Waals surface area (Å²) in [6, 6.07) is 3.75. The highest BCUT2D eigenvalue weighted by Gasteiger charge is 2.31. The molecule has 0 aliphatic heterocycles. The van der Waals surface area contributed by atoms with Crippen LogP contribution in [0.3, 0.4) is 0 Å². The van der Waals surface area contributed by atoms with Crippen molar-refractivity contribution in [3.8, 4) is 0 Å². The Bertz CT molecular complexity index is 526. The fraction of sp³-hybridized carbons (Fsp3) is 0.571. The summed E-state index contributed by atoms with van der Waals surface area (Å²) in [6.45, 7) is 6.09. The Morgan fingerprint density at radius 3 is 2.50 bits per heavy atom. The molecule has 0 spiro atoms. The van der Waals surface area contributed by atoms with Crippen LogP contribution in [0.2, 0.25) is 0 Å². The highest BCUT2D eigenvalue weighted by atomic mass is 32.2. The second kappa shape index (κ2) is 7.04. The van der Waals surface area contributed by atoms with Gasteiger partial charge in [-0.05, 0) is 31.9 Å². The molecule has 0 fully saturated rings. The number of nitrogen functional groups attached to an aromatic ring is 1. The van der Waals surface area contributed by atoms with Crippen LogP contribution in [-0.2, 0) is 10.0 Å². The maximum Gasteiger partial charge on any atom is 0.248 e. The summed E-state index contributed by atoms with van der Waals surface area (Å²) < 4.78 is 40.6. The molecule has 1 unspecified atom stereocenters. The van der Waals surface area contributed by atoms with Crippen LogP contribution in [0.15, 0.2) is 23.1 Å². The fourth-order valence-electron chi connectivity index (χ4n) is 2.01. The van der Waals surface area contributed by atoms with Crippen molar-refractivity contribution < 1.29 is 12.8 Å². The number of benzene rings is 1. The summed E-state index contributed by atoms with van der Waals surface area (Å²) in [7, 11) is -3.91. The van der Waals surface area contributed by atoms with Crippen molar-refractivity contribution in [1.29, 1.82) is 0 Å². The Hall–Kier alpha value is -1.14. The normalized spacial score (nSPS) is 13.7. The molecule has 1 atom stereocenters. The van der Waals surface area contributed by atoms with Gasteiger partial charge in [0.05, 0.1) is 5.69 Å². The third kappa shape index (κ3) is 3.49. The van der Waals surface area contributed by atoms with Crippen LogP contribution in [0.1, 0.15) is 40.0 Å². The van der Waals surface area contributed by atoms with Gasteiger partial charge >= 0.3 is 0 Å². The highest BCUT2D eigenvalue weighted by molar-refractivity contribution is 7.89. The lowest BCUT2D eigenvalue weighted by atomic mass is 10.2. The lowest BCUT2D eigenvalue weighted by Gasteiger charge is -2.28. The number of nitrogens with zero attached hydrogens (tertiary/aromatic N) is 1. The number of unbranched alkanes of at least 4 members (excludes halogenated alkanes) is 1. The molecule has 0 aliphatic rings. The van der Waals surface area contributed by atoms with E-state index in [4.69, 9.17) is 5.73 Å². The van der Waals surface area contributed by atoms with Gasteiger partial charge in [0.1, 0.15) is 10.7 Å². The van der Waals surface area contributed by atoms with Crippen molar-refractivity contribution in [2.45, 2.75) is 51.0 Å². The van der Waals surface area contributed by atoms with Crippen LogP contribution in [-0.4, -0.2) is 25.3 Å². The van der Waals surface area contributed by atoms with E-state index in [2.05, 4.69) is 0 Å². The molecule has 0 bridgehead atoms. The zero-order chi connectivity index (χ0) is 15.3. The van der Waals surface area contributed by atoms with Crippen LogP contribution >= 0.6 is 0 Å². The van der Waals surface area contributed by atoms with Gasteiger partial charge in [0.15, 0.2) is 0 Å². The monoisotopic (exact) mass is 302 g/mol. The molecule has 0 radical (unpaired) electrons. The summed E-state index contributed by atoms with van der Waals surface area (Å²) in [5, 5.41) is 0. The Morgan fingerprint density at radius 1 is 1.35 bits per heavy atom. The molecule has 0 amide bonds. The van der Waals surface area contributed by atoms with Crippen molar-refractivity contribution >= 4 is 15.7 Å². The largest absolute Gasteiger partial charge is 0.398 e. The maximum absolute atomic E-state index is 13.9. The number of hydrogen-bond acceptors (Lipinski definition) is 3. The molecule has 1 rings (SSSR count). The summed E-state index contributed by atoms with van der Waals surface area (Å²) in [5.74, 6) is -0.796. The summed E-state index contributed by atoms with van der Waals surface area (Å²) in [6.07, 6.45) is 2.27. The lowest BCUT2D eigenvalue weighted by molar-refractivity contribution is 0.323. The Morgan fingerprint density at radius 2 is 2.00 bits per heavy atom. The van der Waals surface area contributed by atoms with E-state index in [1.165, 1.54) is 16.4 Å². The van der Waals surface area contributed by atoms with Crippen LogP contribution in [0.25, 0.3) is 0 Å². The molecular formula is C14H23FN2O2S. The van der Waals surface area contributed by atoms with E-state index in [1.807, 2.05) is 20.8 Å². The fourth-order valence-corrected chi connectivity index (χ4v) is 3.92. The van der Waals surface area contributed by atoms with Crippen LogP contribution in [0.5, 0.6) is 0 Å². The van der Waals surface area contributed by atoms with Crippen molar-refractivity contribution in [2.24, 2.45) is 0 Å². The summed E-state index contributed by atoms with van der Waals surface area (Å²) in [5.41, 5.74) is 5.62. The lowest BCUT2D eigenvalue weighted by Crippen LogP contribution is -2.39. The Balaban J connectivity index is 3.29. The summed E-state index contributed by atoms with van der Waals surface area (Å²) >= 11 is 0. The Labute approximate surface area is 120 Å². The van der Waals surface area contributed by atoms with E-state index in [1.54, 1.807) is 0 Å². The zero-order valence-electron chi connectivity index (χ0n) is 12.3. The number of nitrogens with two attached hydrogens (primary N) is 1. The standard InChI is InChI=1S/C14H23FN2O2S/c1-4-6-10-17(11(3)5-2)20(18,19)14-12(15)8-7-9-13(14)16/h7-9,11H,4-6,10,16H2,1-3H3. The predicted octanol–water partition coefficient (Wildman–Crippen LogP) is 3.00. The minimum absolute atomic E-state index is 0.0465. The first-order valence-corrected chi connectivity index (χ1v) is 8.36. The molecule has 0 saturated carbocycles. The second-order valence-electron chi connectivity index (χ2n) is 4.88. The van der Waals surface area contributed by atoms with Gasteiger partial charge in [-0.2, -0.15) is 4.31 Å². The Kier molecular flexibility index (Phi) is 5.95. The second-order valence-corrected chi connectivity index (χ2v) is 6.71. The quantitative estimate of drug-likeness (QED) is 0.788. The third-order valence-corrected chi connectivity index (χ3v) is 5.49. The summed E-state index contributed by atoms with van der Waals surface area (Å²) in [4.78, 5) is -0.406. The molecule has 20 heavy (non-hydrogen) atoms. The number of anilines is 1. The average Bonchev–Trinajstić information content (AvgIpc) is 2.38. The van der Waals surface area contributed by atoms with Gasteiger partial charge in [0, 0.05) is 12.6 Å². The van der Waals surface area contributed by atoms with Crippen LogP contribution in [0.4, 0.5) is 10.1 Å². The number of halogens is 1. The van der Waals surface area contributed by atoms with Gasteiger partial charge in [0.2, 0.25) is 10.0 Å². The number of hydrogen-bond donors (Lipinski definition) is 1. The molecular weight excluding hydrogens is 279 g/mol. The third-order valence-electron chi connectivity index (χ3n) is 3.38. The van der Waals surface area contributed by atoms with Crippen molar-refractivity contribution in [1.82, 2.24) is 4.31 Å². The number of rotatable bonds is 7. The topological polar surface area (TPSA) is 63.4 Å². The van der Waals surface area contributed by atoms with E-state index in [0.29, 0.717) is 13.0 Å². The molecule has 0 saturated heterocycles. The first-order valence-electron chi connectivity index (χ1n) is 6.92. The van der Waals surface area contributed by atoms with Crippen molar-refractivity contribution in [2.75, 3.05) is 12.3 Å². The first-order chi connectivity index (χ1) is 9.36. The van der Waals surface area contributed by atoms with E-state index < -0.39 is 20.7 Å². The smallest absolute Gasteiger partial charge is 0.248 e. The minimum atomic E-state index is -3.91. The van der Waals surface area contributed by atoms with Gasteiger partial charge in [0.25, 0.3) is 0 Å². The predicted molar refractivity (Wildman–Crippen MR) is 79.4 cm³/mol. The van der Waals surface area contributed by atoms with E-state index in [9.17, 15) is 12.8 Å². The highest BCUT2D eigenvalue weighted by Crippen LogP contribution is 2.27. The molecule has 0 heterocycles. The van der Waals surface area contributed by atoms with E-state index >= 15 is 0 Å². The van der Waals surface area contributed by atoms with Gasteiger partial charge in [-0.1, -0.05) is 26.3 Å². The SMILES string of the molecule is CCCCN(C(C)CC)S(=O)(=O)c1c(N)cccc1F. The molecule has 1 aromatic carbocycles. The van der Waals surface area contributed by atoms with Gasteiger partial charge < -0.3 is 5.73 Å². The number of sulfonamides is 1. The zero-order valence-corrected chi connectivity index (χ0v) is 13.1. The van der Waals surface area contributed by atoms with Gasteiger partial charge in [-0.15, -0.1) is 0 Å². The minimum Gasteiger partial charge on any atom is -0.398 e. The molecule has 114 valence electrons. The molecule has 6 heteroatoms. The van der Waals surface area contributed by atoms with Crippen LogP contribution in [0, 0.1) is 5.82 Å². The molecule has 1 aromatic rings. The van der Waals surface area contributed by atoms with Crippen molar-refractivity contribution in [3.05, 3.63) is 24.0 Å². The molecule has 4 nitrogen and oxygen atoms in total. The van der Waals surface area contributed by atoms with Gasteiger partial charge in [-0.25, -0.2) is 12.8 Å². The molecule has 2 N–H and O–H groups in total. The van der Waals surface area contributed by atoms with E-state index in [-0.39, 0.29) is 11.7 Å². The molecule has 0 aliphatic carbocycles.